The maximum atomic E-state index is 5.87. The lowest BCUT2D eigenvalue weighted by Crippen LogP contribution is -2.42. The number of rotatable bonds is 2. The van der Waals surface area contributed by atoms with Crippen molar-refractivity contribution in [3.8, 4) is 0 Å². The van der Waals surface area contributed by atoms with Crippen LogP contribution in [0.15, 0.2) is 12.0 Å². The number of ether oxygens (including phenoxy) is 3. The van der Waals surface area contributed by atoms with Crippen LogP contribution in [0.4, 0.5) is 0 Å². The summed E-state index contributed by atoms with van der Waals surface area (Å²) < 4.78 is 22.3. The third-order valence-electron chi connectivity index (χ3n) is 2.17. The van der Waals surface area contributed by atoms with Crippen LogP contribution in [0.5, 0.6) is 0 Å². The van der Waals surface area contributed by atoms with Gasteiger partial charge >= 0.3 is 0 Å². The molecule has 4 nitrogen and oxygen atoms in total. The molecule has 0 aliphatic carbocycles. The standard InChI is InChI=1S/C10H18O4Si/c1-15(2,3)14-8-6-9-10(13-7-8)12-5-4-11-9/h7,9-10H,4-6H2,1-3H3. The van der Waals surface area contributed by atoms with E-state index >= 15 is 0 Å². The largest absolute Gasteiger partial charge is 0.545 e. The van der Waals surface area contributed by atoms with Crippen molar-refractivity contribution in [2.75, 3.05) is 13.2 Å². The first kappa shape index (κ1) is 11.0. The molecule has 1 fully saturated rings. The summed E-state index contributed by atoms with van der Waals surface area (Å²) >= 11 is 0. The van der Waals surface area contributed by atoms with Crippen LogP contribution in [-0.2, 0) is 18.6 Å². The average molecular weight is 230 g/mol. The highest BCUT2D eigenvalue weighted by Crippen LogP contribution is 2.26. The molecule has 0 amide bonds. The molecule has 1 saturated heterocycles. The van der Waals surface area contributed by atoms with Crippen LogP contribution in [0.2, 0.25) is 19.6 Å². The van der Waals surface area contributed by atoms with Crippen molar-refractivity contribution in [1.82, 2.24) is 0 Å². The van der Waals surface area contributed by atoms with E-state index in [1.54, 1.807) is 6.26 Å². The summed E-state index contributed by atoms with van der Waals surface area (Å²) in [6.07, 6.45) is 2.19. The second kappa shape index (κ2) is 4.15. The predicted octanol–water partition coefficient (Wildman–Crippen LogP) is 1.84. The molecule has 15 heavy (non-hydrogen) atoms. The minimum atomic E-state index is -1.55. The Labute approximate surface area is 91.3 Å². The van der Waals surface area contributed by atoms with Gasteiger partial charge in [-0.2, -0.15) is 0 Å². The zero-order valence-corrected chi connectivity index (χ0v) is 10.5. The van der Waals surface area contributed by atoms with Crippen LogP contribution >= 0.6 is 0 Å². The molecule has 2 atom stereocenters. The van der Waals surface area contributed by atoms with E-state index in [0.29, 0.717) is 13.2 Å². The van der Waals surface area contributed by atoms with Crippen LogP contribution in [0, 0.1) is 0 Å². The van der Waals surface area contributed by atoms with Crippen LogP contribution in [-0.4, -0.2) is 33.9 Å². The van der Waals surface area contributed by atoms with Gasteiger partial charge in [-0.3, -0.25) is 0 Å². The Balaban J connectivity index is 1.96. The molecule has 2 rings (SSSR count). The molecule has 0 aromatic heterocycles. The molecular weight excluding hydrogens is 212 g/mol. The first-order chi connectivity index (χ1) is 7.04. The van der Waals surface area contributed by atoms with E-state index in [4.69, 9.17) is 18.6 Å². The maximum Gasteiger partial charge on any atom is 0.241 e. The number of hydrogen-bond donors (Lipinski definition) is 0. The Morgan fingerprint density at radius 2 is 2.00 bits per heavy atom. The molecule has 86 valence electrons. The van der Waals surface area contributed by atoms with Crippen LogP contribution in [0.1, 0.15) is 6.42 Å². The minimum Gasteiger partial charge on any atom is -0.545 e. The van der Waals surface area contributed by atoms with E-state index in [1.165, 1.54) is 0 Å². The van der Waals surface area contributed by atoms with Gasteiger partial charge in [-0.1, -0.05) is 0 Å². The SMILES string of the molecule is C[Si](C)(C)OC1=COC2OCCOC2C1. The quantitative estimate of drug-likeness (QED) is 0.678. The van der Waals surface area contributed by atoms with E-state index in [2.05, 4.69) is 19.6 Å². The highest BCUT2D eigenvalue weighted by molar-refractivity contribution is 6.70. The van der Waals surface area contributed by atoms with Gasteiger partial charge in [-0.25, -0.2) is 0 Å². The zero-order valence-electron chi connectivity index (χ0n) is 9.49. The lowest BCUT2D eigenvalue weighted by Gasteiger charge is -2.36. The highest BCUT2D eigenvalue weighted by atomic mass is 28.4. The van der Waals surface area contributed by atoms with Gasteiger partial charge in [0.05, 0.1) is 13.2 Å². The molecule has 0 N–H and O–H groups in total. The van der Waals surface area contributed by atoms with E-state index in [1.807, 2.05) is 0 Å². The van der Waals surface area contributed by atoms with Gasteiger partial charge < -0.3 is 18.6 Å². The summed E-state index contributed by atoms with van der Waals surface area (Å²) in [5.74, 6) is 0.890. The fourth-order valence-electron chi connectivity index (χ4n) is 1.68. The van der Waals surface area contributed by atoms with Crippen molar-refractivity contribution in [2.24, 2.45) is 0 Å². The van der Waals surface area contributed by atoms with Crippen LogP contribution in [0.25, 0.3) is 0 Å². The van der Waals surface area contributed by atoms with Gasteiger partial charge in [0.1, 0.15) is 18.1 Å². The van der Waals surface area contributed by atoms with Crippen molar-refractivity contribution in [3.63, 3.8) is 0 Å². The first-order valence-corrected chi connectivity index (χ1v) is 8.72. The molecular formula is C10H18O4Si. The van der Waals surface area contributed by atoms with Gasteiger partial charge in [-0.15, -0.1) is 0 Å². The minimum absolute atomic E-state index is 0.00454. The van der Waals surface area contributed by atoms with Gasteiger partial charge in [-0.05, 0) is 19.6 Å². The Morgan fingerprint density at radius 3 is 2.73 bits per heavy atom. The van der Waals surface area contributed by atoms with E-state index in [0.717, 1.165) is 12.2 Å². The molecule has 0 spiro atoms. The Morgan fingerprint density at radius 1 is 1.27 bits per heavy atom. The number of hydrogen-bond acceptors (Lipinski definition) is 4. The monoisotopic (exact) mass is 230 g/mol. The maximum absolute atomic E-state index is 5.87. The van der Waals surface area contributed by atoms with Crippen molar-refractivity contribution < 1.29 is 18.6 Å². The molecule has 0 radical (unpaired) electrons. The van der Waals surface area contributed by atoms with Gasteiger partial charge in [0.2, 0.25) is 14.6 Å². The summed E-state index contributed by atoms with van der Waals surface area (Å²) in [6.45, 7) is 7.71. The Hall–Kier alpha value is -0.523. The average Bonchev–Trinajstić information content (AvgIpc) is 2.15. The molecule has 0 aromatic rings. The van der Waals surface area contributed by atoms with Gasteiger partial charge in [0.15, 0.2) is 0 Å². The Kier molecular flexibility index (Phi) is 3.04. The third kappa shape index (κ3) is 2.96. The molecule has 5 heteroatoms. The van der Waals surface area contributed by atoms with Crippen molar-refractivity contribution in [2.45, 2.75) is 38.5 Å². The smallest absolute Gasteiger partial charge is 0.241 e. The van der Waals surface area contributed by atoms with Crippen LogP contribution in [0.3, 0.4) is 0 Å². The fraction of sp³-hybridized carbons (Fsp3) is 0.800. The summed E-state index contributed by atoms with van der Waals surface area (Å²) in [5, 5.41) is 0. The Bertz CT molecular complexity index is 259. The lowest BCUT2D eigenvalue weighted by molar-refractivity contribution is -0.237. The van der Waals surface area contributed by atoms with E-state index in [-0.39, 0.29) is 12.4 Å². The highest BCUT2D eigenvalue weighted by Gasteiger charge is 2.34. The molecule has 0 saturated carbocycles. The predicted molar refractivity (Wildman–Crippen MR) is 57.7 cm³/mol. The molecule has 2 unspecified atom stereocenters. The van der Waals surface area contributed by atoms with E-state index < -0.39 is 8.32 Å². The third-order valence-corrected chi connectivity index (χ3v) is 3.05. The zero-order chi connectivity index (χ0) is 10.9. The second-order valence-electron chi connectivity index (χ2n) is 4.79. The first-order valence-electron chi connectivity index (χ1n) is 5.31. The van der Waals surface area contributed by atoms with E-state index in [9.17, 15) is 0 Å². The van der Waals surface area contributed by atoms with Crippen molar-refractivity contribution in [3.05, 3.63) is 12.0 Å². The molecule has 2 aliphatic rings. The second-order valence-corrected chi connectivity index (χ2v) is 9.22. The normalized spacial score (nSPS) is 31.3. The summed E-state index contributed by atoms with van der Waals surface area (Å²) in [6, 6.07) is 0. The summed E-state index contributed by atoms with van der Waals surface area (Å²) in [7, 11) is -1.55. The van der Waals surface area contributed by atoms with Crippen LogP contribution < -0.4 is 0 Å². The van der Waals surface area contributed by atoms with Crippen molar-refractivity contribution in [1.29, 1.82) is 0 Å². The molecule has 2 heterocycles. The van der Waals surface area contributed by atoms with Crippen molar-refractivity contribution >= 4 is 8.32 Å². The van der Waals surface area contributed by atoms with Gasteiger partial charge in [0.25, 0.3) is 0 Å². The topological polar surface area (TPSA) is 36.9 Å². The lowest BCUT2D eigenvalue weighted by atomic mass is 10.2. The molecule has 0 bridgehead atoms. The van der Waals surface area contributed by atoms with Gasteiger partial charge in [0, 0.05) is 6.42 Å². The summed E-state index contributed by atoms with van der Waals surface area (Å²) in [5.41, 5.74) is 0. The summed E-state index contributed by atoms with van der Waals surface area (Å²) in [4.78, 5) is 0. The fourth-order valence-corrected chi connectivity index (χ4v) is 2.60. The molecule has 0 aromatic carbocycles. The number of fused-ring (bicyclic) bond motifs is 1. The molecule has 2 aliphatic heterocycles.